The van der Waals surface area contributed by atoms with Gasteiger partial charge in [-0.15, -0.1) is 0 Å². The van der Waals surface area contributed by atoms with Crippen molar-refractivity contribution in [2.45, 2.75) is 0 Å². The number of para-hydroxylation sites is 1. The van der Waals surface area contributed by atoms with Crippen LogP contribution in [0.4, 0.5) is 0 Å². The SMILES string of the molecule is Oc1ccc2ccccc2c1-n1cc(-c2ccc(Cl)cc2)c2ccccc21. The van der Waals surface area contributed by atoms with E-state index in [9.17, 15) is 5.11 Å². The van der Waals surface area contributed by atoms with Crippen molar-refractivity contribution in [2.24, 2.45) is 0 Å². The van der Waals surface area contributed by atoms with Crippen LogP contribution in [0.1, 0.15) is 0 Å². The number of halogens is 1. The van der Waals surface area contributed by atoms with E-state index in [4.69, 9.17) is 11.6 Å². The summed E-state index contributed by atoms with van der Waals surface area (Å²) in [4.78, 5) is 0. The van der Waals surface area contributed by atoms with Gasteiger partial charge in [-0.25, -0.2) is 0 Å². The molecule has 0 fully saturated rings. The molecule has 0 aliphatic carbocycles. The van der Waals surface area contributed by atoms with Crippen LogP contribution in [-0.2, 0) is 0 Å². The van der Waals surface area contributed by atoms with Gasteiger partial charge in [0.2, 0.25) is 0 Å². The van der Waals surface area contributed by atoms with Crippen molar-refractivity contribution in [2.75, 3.05) is 0 Å². The zero-order chi connectivity index (χ0) is 18.4. The maximum atomic E-state index is 10.7. The van der Waals surface area contributed by atoms with Gasteiger partial charge in [0, 0.05) is 27.6 Å². The average Bonchev–Trinajstić information content (AvgIpc) is 3.08. The molecule has 1 N–H and O–H groups in total. The fourth-order valence-corrected chi connectivity index (χ4v) is 3.85. The second-order valence-corrected chi connectivity index (χ2v) is 7.03. The van der Waals surface area contributed by atoms with Gasteiger partial charge in [-0.3, -0.25) is 0 Å². The van der Waals surface area contributed by atoms with Crippen molar-refractivity contribution >= 4 is 33.3 Å². The van der Waals surface area contributed by atoms with E-state index in [1.165, 1.54) is 0 Å². The number of benzene rings is 4. The molecule has 27 heavy (non-hydrogen) atoms. The van der Waals surface area contributed by atoms with Crippen LogP contribution in [0.3, 0.4) is 0 Å². The number of phenolic OH excluding ortho intramolecular Hbond substituents is 1. The van der Waals surface area contributed by atoms with Gasteiger partial charge in [-0.2, -0.15) is 0 Å². The first-order chi connectivity index (χ1) is 13.2. The third-order valence-electron chi connectivity index (χ3n) is 4.99. The van der Waals surface area contributed by atoms with Gasteiger partial charge >= 0.3 is 0 Å². The predicted molar refractivity (Wildman–Crippen MR) is 113 cm³/mol. The molecular formula is C24H16ClNO. The lowest BCUT2D eigenvalue weighted by molar-refractivity contribution is 0.474. The van der Waals surface area contributed by atoms with E-state index in [1.807, 2.05) is 60.7 Å². The van der Waals surface area contributed by atoms with Crippen LogP contribution in [0.15, 0.2) is 91.1 Å². The van der Waals surface area contributed by atoms with Gasteiger partial charge in [-0.05, 0) is 35.2 Å². The summed E-state index contributed by atoms with van der Waals surface area (Å²) in [6.45, 7) is 0. The number of hydrogen-bond donors (Lipinski definition) is 1. The minimum Gasteiger partial charge on any atom is -0.506 e. The van der Waals surface area contributed by atoms with Crippen molar-refractivity contribution < 1.29 is 5.11 Å². The van der Waals surface area contributed by atoms with Crippen LogP contribution < -0.4 is 0 Å². The fourth-order valence-electron chi connectivity index (χ4n) is 3.72. The lowest BCUT2D eigenvalue weighted by Crippen LogP contribution is -1.94. The summed E-state index contributed by atoms with van der Waals surface area (Å²) in [6, 6.07) is 27.9. The summed E-state index contributed by atoms with van der Waals surface area (Å²) in [7, 11) is 0. The quantitative estimate of drug-likeness (QED) is 0.363. The highest BCUT2D eigenvalue weighted by Gasteiger charge is 2.15. The van der Waals surface area contributed by atoms with Gasteiger partial charge in [0.25, 0.3) is 0 Å². The number of phenols is 1. The summed E-state index contributed by atoms with van der Waals surface area (Å²) in [6.07, 6.45) is 2.09. The normalized spacial score (nSPS) is 11.3. The molecule has 0 bridgehead atoms. The van der Waals surface area contributed by atoms with Gasteiger partial charge in [0.05, 0.1) is 11.2 Å². The second kappa shape index (κ2) is 6.19. The lowest BCUT2D eigenvalue weighted by atomic mass is 10.1. The fraction of sp³-hybridized carbons (Fsp3) is 0. The zero-order valence-electron chi connectivity index (χ0n) is 14.4. The van der Waals surface area contributed by atoms with Gasteiger partial charge in [0.1, 0.15) is 5.75 Å². The first-order valence-corrected chi connectivity index (χ1v) is 9.17. The molecule has 4 aromatic carbocycles. The van der Waals surface area contributed by atoms with Crippen molar-refractivity contribution in [1.82, 2.24) is 4.57 Å². The van der Waals surface area contributed by atoms with E-state index < -0.39 is 0 Å². The topological polar surface area (TPSA) is 25.2 Å². The van der Waals surface area contributed by atoms with Crippen molar-refractivity contribution in [3.63, 3.8) is 0 Å². The maximum absolute atomic E-state index is 10.7. The summed E-state index contributed by atoms with van der Waals surface area (Å²) < 4.78 is 2.08. The summed E-state index contributed by atoms with van der Waals surface area (Å²) >= 11 is 6.07. The van der Waals surface area contributed by atoms with Crippen LogP contribution in [0.5, 0.6) is 5.75 Å². The summed E-state index contributed by atoms with van der Waals surface area (Å²) in [5.41, 5.74) is 4.04. The molecule has 0 aliphatic rings. The number of hydrogen-bond acceptors (Lipinski definition) is 1. The minimum absolute atomic E-state index is 0.261. The van der Waals surface area contributed by atoms with Crippen LogP contribution in [0.25, 0.3) is 38.5 Å². The Labute approximate surface area is 161 Å². The first-order valence-electron chi connectivity index (χ1n) is 8.79. The molecule has 0 unspecified atom stereocenters. The predicted octanol–water partition coefficient (Wildman–Crippen LogP) is 6.81. The van der Waals surface area contributed by atoms with Gasteiger partial charge in [0.15, 0.2) is 0 Å². The molecule has 0 amide bonds. The van der Waals surface area contributed by atoms with Gasteiger partial charge in [-0.1, -0.05) is 72.3 Å². The average molecular weight is 370 g/mol. The highest BCUT2D eigenvalue weighted by Crippen LogP contribution is 2.38. The third kappa shape index (κ3) is 2.57. The van der Waals surface area contributed by atoms with E-state index in [1.54, 1.807) is 6.07 Å². The molecule has 3 heteroatoms. The largest absolute Gasteiger partial charge is 0.506 e. The standard InChI is InChI=1S/C24H16ClNO/c25-18-12-9-17(10-13-18)21-15-26(22-8-4-3-7-20(21)22)24-19-6-2-1-5-16(19)11-14-23(24)27/h1-15,27H. The molecule has 0 spiro atoms. The highest BCUT2D eigenvalue weighted by molar-refractivity contribution is 6.30. The minimum atomic E-state index is 0.261. The van der Waals surface area contributed by atoms with E-state index >= 15 is 0 Å². The number of fused-ring (bicyclic) bond motifs is 2. The van der Waals surface area contributed by atoms with Gasteiger partial charge < -0.3 is 9.67 Å². The lowest BCUT2D eigenvalue weighted by Gasteiger charge is -2.11. The molecule has 0 saturated heterocycles. The Morgan fingerprint density at radius 1 is 0.704 bits per heavy atom. The molecule has 0 aliphatic heterocycles. The zero-order valence-corrected chi connectivity index (χ0v) is 15.2. The van der Waals surface area contributed by atoms with E-state index in [0.29, 0.717) is 5.02 Å². The van der Waals surface area contributed by atoms with Crippen LogP contribution in [-0.4, -0.2) is 9.67 Å². The van der Waals surface area contributed by atoms with Crippen molar-refractivity contribution in [3.05, 3.63) is 96.1 Å². The molecule has 2 nitrogen and oxygen atoms in total. The maximum Gasteiger partial charge on any atom is 0.140 e. The third-order valence-corrected chi connectivity index (χ3v) is 5.24. The van der Waals surface area contributed by atoms with Crippen LogP contribution >= 0.6 is 11.6 Å². The second-order valence-electron chi connectivity index (χ2n) is 6.59. The molecule has 5 rings (SSSR count). The Hall–Kier alpha value is -3.23. The van der Waals surface area contributed by atoms with Crippen LogP contribution in [0.2, 0.25) is 5.02 Å². The molecule has 1 aromatic heterocycles. The van der Waals surface area contributed by atoms with Crippen molar-refractivity contribution in [1.29, 1.82) is 0 Å². The molecule has 130 valence electrons. The molecule has 5 aromatic rings. The number of nitrogens with zero attached hydrogens (tertiary/aromatic N) is 1. The molecule has 0 atom stereocenters. The smallest absolute Gasteiger partial charge is 0.140 e. The Morgan fingerprint density at radius 2 is 1.41 bits per heavy atom. The van der Waals surface area contributed by atoms with E-state index in [0.717, 1.165) is 38.5 Å². The summed E-state index contributed by atoms with van der Waals surface area (Å²) in [5.74, 6) is 0.261. The number of rotatable bonds is 2. The molecule has 0 saturated carbocycles. The number of aromatic hydroxyl groups is 1. The molecule has 1 heterocycles. The van der Waals surface area contributed by atoms with Crippen molar-refractivity contribution in [3.8, 4) is 22.6 Å². The summed E-state index contributed by atoms with van der Waals surface area (Å²) in [5, 5.41) is 14.7. The Balaban J connectivity index is 1.86. The Kier molecular flexibility index (Phi) is 3.66. The monoisotopic (exact) mass is 369 g/mol. The highest BCUT2D eigenvalue weighted by atomic mass is 35.5. The molecule has 0 radical (unpaired) electrons. The first kappa shape index (κ1) is 16.0. The Morgan fingerprint density at radius 3 is 2.22 bits per heavy atom. The van der Waals surface area contributed by atoms with Crippen LogP contribution in [0, 0.1) is 0 Å². The molecular weight excluding hydrogens is 354 g/mol. The van der Waals surface area contributed by atoms with E-state index in [2.05, 4.69) is 29.0 Å². The van der Waals surface area contributed by atoms with E-state index in [-0.39, 0.29) is 5.75 Å². The Bertz CT molecular complexity index is 1290. The number of aromatic nitrogens is 1.